The molecule has 48 heavy (non-hydrogen) atoms. The second-order valence-electron chi connectivity index (χ2n) is 12.6. The molecule has 0 aromatic heterocycles. The maximum absolute atomic E-state index is 16.8. The van der Waals surface area contributed by atoms with Crippen molar-refractivity contribution in [2.24, 2.45) is 0 Å². The second-order valence-corrected chi connectivity index (χ2v) is 15.2. The van der Waals surface area contributed by atoms with Crippen LogP contribution in [0, 0.1) is 0 Å². The molecule has 7 aromatic rings. The van der Waals surface area contributed by atoms with Crippen LogP contribution < -0.4 is 25.4 Å². The van der Waals surface area contributed by atoms with Gasteiger partial charge < -0.3 is 14.0 Å². The lowest BCUT2D eigenvalue weighted by molar-refractivity contribution is 0.301. The van der Waals surface area contributed by atoms with Crippen molar-refractivity contribution in [2.45, 2.75) is 13.2 Å². The van der Waals surface area contributed by atoms with Gasteiger partial charge in [0.1, 0.15) is 24.7 Å². The molecule has 0 radical (unpaired) electrons. The number of benzene rings is 7. The SMILES string of the molecule is O=P1(c2ccccc2)c2c(-c3ccccc3)cc3c(c2-c2c4c(cc(-c5ccccc5)c21)-c1ccccc1OC4)COc1ccccc1-3. The van der Waals surface area contributed by atoms with Crippen LogP contribution in [-0.2, 0) is 17.8 Å². The number of hydrogen-bond acceptors (Lipinski definition) is 3. The highest BCUT2D eigenvalue weighted by atomic mass is 31.2. The fourth-order valence-electron chi connectivity index (χ4n) is 8.01. The maximum Gasteiger partial charge on any atom is 0.173 e. The zero-order chi connectivity index (χ0) is 31.8. The van der Waals surface area contributed by atoms with Crippen molar-refractivity contribution in [3.63, 3.8) is 0 Å². The van der Waals surface area contributed by atoms with Crippen LogP contribution in [0.5, 0.6) is 11.5 Å². The molecular formula is C44H29O3P. The van der Waals surface area contributed by atoms with Crippen molar-refractivity contribution in [3.05, 3.63) is 163 Å². The van der Waals surface area contributed by atoms with Gasteiger partial charge in [-0.1, -0.05) is 127 Å². The van der Waals surface area contributed by atoms with Crippen LogP contribution in [0.3, 0.4) is 0 Å². The molecule has 0 unspecified atom stereocenters. The van der Waals surface area contributed by atoms with Gasteiger partial charge in [-0.25, -0.2) is 0 Å². The minimum Gasteiger partial charge on any atom is -0.488 e. The minimum atomic E-state index is -3.48. The van der Waals surface area contributed by atoms with E-state index in [0.717, 1.165) is 94.2 Å². The molecule has 0 aliphatic carbocycles. The van der Waals surface area contributed by atoms with Crippen molar-refractivity contribution < 1.29 is 14.0 Å². The van der Waals surface area contributed by atoms with Crippen molar-refractivity contribution in [2.75, 3.05) is 0 Å². The van der Waals surface area contributed by atoms with E-state index in [1.54, 1.807) is 0 Å². The van der Waals surface area contributed by atoms with Crippen LogP contribution in [0.4, 0.5) is 0 Å². The van der Waals surface area contributed by atoms with Gasteiger partial charge in [-0.15, -0.1) is 0 Å². The minimum absolute atomic E-state index is 0.389. The van der Waals surface area contributed by atoms with E-state index in [-0.39, 0.29) is 0 Å². The van der Waals surface area contributed by atoms with Crippen LogP contribution in [0.25, 0.3) is 55.6 Å². The van der Waals surface area contributed by atoms with E-state index in [1.165, 1.54) is 0 Å². The van der Waals surface area contributed by atoms with Crippen LogP contribution in [0.2, 0.25) is 0 Å². The van der Waals surface area contributed by atoms with Gasteiger partial charge in [-0.2, -0.15) is 0 Å². The Bertz CT molecular complexity index is 2320. The molecule has 3 heterocycles. The largest absolute Gasteiger partial charge is 0.488 e. The Morgan fingerprint density at radius 2 is 0.812 bits per heavy atom. The molecule has 0 N–H and O–H groups in total. The number of para-hydroxylation sites is 2. The predicted octanol–water partition coefficient (Wildman–Crippen LogP) is 9.76. The third kappa shape index (κ3) is 3.80. The molecule has 10 rings (SSSR count). The summed E-state index contributed by atoms with van der Waals surface area (Å²) >= 11 is 0. The molecule has 0 saturated carbocycles. The molecule has 3 nitrogen and oxygen atoms in total. The van der Waals surface area contributed by atoms with Gasteiger partial charge >= 0.3 is 0 Å². The molecular weight excluding hydrogens is 607 g/mol. The number of fused-ring (bicyclic) bond motifs is 11. The van der Waals surface area contributed by atoms with E-state index >= 15 is 4.57 Å². The first-order valence-corrected chi connectivity index (χ1v) is 18.0. The molecule has 0 saturated heterocycles. The first-order chi connectivity index (χ1) is 23.7. The Morgan fingerprint density at radius 1 is 0.417 bits per heavy atom. The van der Waals surface area contributed by atoms with E-state index in [2.05, 4.69) is 84.9 Å². The Morgan fingerprint density at radius 3 is 1.27 bits per heavy atom. The average Bonchev–Trinajstić information content (AvgIpc) is 3.45. The summed E-state index contributed by atoms with van der Waals surface area (Å²) in [6, 6.07) is 52.0. The summed E-state index contributed by atoms with van der Waals surface area (Å²) in [5, 5.41) is 2.61. The zero-order valence-corrected chi connectivity index (χ0v) is 26.9. The van der Waals surface area contributed by atoms with Crippen LogP contribution in [-0.4, -0.2) is 0 Å². The fraction of sp³-hybridized carbons (Fsp3) is 0.0455. The third-order valence-electron chi connectivity index (χ3n) is 10.1. The van der Waals surface area contributed by atoms with E-state index in [1.807, 2.05) is 66.7 Å². The van der Waals surface area contributed by atoms with Gasteiger partial charge in [-0.3, -0.25) is 0 Å². The predicted molar refractivity (Wildman–Crippen MR) is 195 cm³/mol. The average molecular weight is 637 g/mol. The fourth-order valence-corrected chi connectivity index (χ4v) is 11.5. The Kier molecular flexibility index (Phi) is 5.98. The molecule has 0 spiro atoms. The molecule has 3 aliphatic heterocycles. The lowest BCUT2D eigenvalue weighted by atomic mass is 9.82. The molecule has 0 fully saturated rings. The van der Waals surface area contributed by atoms with Crippen molar-refractivity contribution in [1.29, 1.82) is 0 Å². The summed E-state index contributed by atoms with van der Waals surface area (Å²) in [5.74, 6) is 1.73. The topological polar surface area (TPSA) is 35.5 Å². The Hall–Kier alpha value is -5.63. The van der Waals surface area contributed by atoms with Gasteiger partial charge in [0.2, 0.25) is 0 Å². The van der Waals surface area contributed by atoms with Crippen LogP contribution >= 0.6 is 7.14 Å². The maximum atomic E-state index is 16.8. The Labute approximate surface area is 279 Å². The monoisotopic (exact) mass is 636 g/mol. The quantitative estimate of drug-likeness (QED) is 0.181. The van der Waals surface area contributed by atoms with Gasteiger partial charge in [0.15, 0.2) is 7.14 Å². The van der Waals surface area contributed by atoms with Gasteiger partial charge in [0.05, 0.1) is 0 Å². The third-order valence-corrected chi connectivity index (χ3v) is 13.3. The molecule has 0 atom stereocenters. The summed E-state index contributed by atoms with van der Waals surface area (Å²) in [6.45, 7) is 0.777. The summed E-state index contributed by atoms with van der Waals surface area (Å²) in [4.78, 5) is 0. The van der Waals surface area contributed by atoms with Crippen molar-refractivity contribution in [3.8, 4) is 67.1 Å². The van der Waals surface area contributed by atoms with Crippen LogP contribution in [0.15, 0.2) is 152 Å². The molecule has 4 heteroatoms. The van der Waals surface area contributed by atoms with Gasteiger partial charge in [-0.05, 0) is 57.6 Å². The normalized spacial score (nSPS) is 14.2. The second kappa shape index (κ2) is 10.4. The van der Waals surface area contributed by atoms with Crippen LogP contribution in [0.1, 0.15) is 11.1 Å². The van der Waals surface area contributed by atoms with Crippen molar-refractivity contribution in [1.82, 2.24) is 0 Å². The van der Waals surface area contributed by atoms with E-state index in [9.17, 15) is 0 Å². The highest BCUT2D eigenvalue weighted by Gasteiger charge is 2.48. The molecule has 228 valence electrons. The first kappa shape index (κ1) is 27.5. The lowest BCUT2D eigenvalue weighted by Crippen LogP contribution is -2.24. The van der Waals surface area contributed by atoms with E-state index < -0.39 is 7.14 Å². The number of hydrogen-bond donors (Lipinski definition) is 0. The smallest absolute Gasteiger partial charge is 0.173 e. The summed E-state index contributed by atoms with van der Waals surface area (Å²) in [7, 11) is -3.48. The highest BCUT2D eigenvalue weighted by molar-refractivity contribution is 7.87. The summed E-state index contributed by atoms with van der Waals surface area (Å²) < 4.78 is 29.8. The first-order valence-electron chi connectivity index (χ1n) is 16.3. The number of rotatable bonds is 3. The molecule has 0 amide bonds. The standard InChI is InChI=1S/C44H29O3P/c45-48(30-18-8-3-9-19-30)43-33(28-14-4-1-5-15-28)24-35-31-20-10-12-22-39(31)46-26-37(35)41(43)42-38-27-47-40-23-13-11-21-32(40)36(38)25-34(44(42)48)29-16-6-2-7-17-29/h1-25H,26-27H2. The Balaban J connectivity index is 1.45. The zero-order valence-electron chi connectivity index (χ0n) is 26.0. The van der Waals surface area contributed by atoms with E-state index in [0.29, 0.717) is 13.2 Å². The molecule has 3 aliphatic rings. The highest BCUT2D eigenvalue weighted by Crippen LogP contribution is 2.61. The van der Waals surface area contributed by atoms with Crippen molar-refractivity contribution >= 4 is 23.1 Å². The molecule has 7 aromatic carbocycles. The van der Waals surface area contributed by atoms with Gasteiger partial charge in [0.25, 0.3) is 0 Å². The van der Waals surface area contributed by atoms with Gasteiger partial charge in [0, 0.05) is 49.3 Å². The summed E-state index contributed by atoms with van der Waals surface area (Å²) in [5.41, 5.74) is 12.6. The van der Waals surface area contributed by atoms with E-state index in [4.69, 9.17) is 9.47 Å². The number of ether oxygens (including phenoxy) is 2. The summed E-state index contributed by atoms with van der Waals surface area (Å²) in [6.07, 6.45) is 0. The molecule has 0 bridgehead atoms. The lowest BCUT2D eigenvalue weighted by Gasteiger charge is -2.28.